The van der Waals surface area contributed by atoms with Crippen molar-refractivity contribution in [1.29, 1.82) is 0 Å². The van der Waals surface area contributed by atoms with E-state index in [0.29, 0.717) is 6.54 Å². The molecule has 1 aliphatic rings. The van der Waals surface area contributed by atoms with Gasteiger partial charge in [-0.15, -0.1) is 0 Å². The summed E-state index contributed by atoms with van der Waals surface area (Å²) in [5, 5.41) is 18.0. The molecule has 3 atom stereocenters. The standard InChI is InChI=1S/C10H21N3O2/c1-7(13-8(2)14)6-12-10(15)9-4-3-5-11-9/h7-9,11,13-14H,3-6H2,1-2H3,(H,12,15)/t7-,8?,9+/m1/s1. The molecule has 0 aromatic heterocycles. The van der Waals surface area contributed by atoms with Gasteiger partial charge in [0.05, 0.1) is 6.04 Å². The molecule has 4 N–H and O–H groups in total. The molecule has 15 heavy (non-hydrogen) atoms. The summed E-state index contributed by atoms with van der Waals surface area (Å²) >= 11 is 0. The molecule has 1 aliphatic heterocycles. The van der Waals surface area contributed by atoms with Crippen LogP contribution in [0.5, 0.6) is 0 Å². The molecular weight excluding hydrogens is 194 g/mol. The molecule has 0 aromatic rings. The second-order valence-electron chi connectivity index (χ2n) is 4.14. The smallest absolute Gasteiger partial charge is 0.237 e. The zero-order valence-corrected chi connectivity index (χ0v) is 9.42. The van der Waals surface area contributed by atoms with Crippen LogP contribution in [-0.4, -0.2) is 42.4 Å². The van der Waals surface area contributed by atoms with Crippen LogP contribution in [0, 0.1) is 0 Å². The van der Waals surface area contributed by atoms with Crippen molar-refractivity contribution >= 4 is 5.91 Å². The first-order chi connectivity index (χ1) is 7.09. The number of aliphatic hydroxyl groups excluding tert-OH is 1. The zero-order chi connectivity index (χ0) is 11.3. The van der Waals surface area contributed by atoms with Crippen molar-refractivity contribution in [3.05, 3.63) is 0 Å². The molecular formula is C10H21N3O2. The lowest BCUT2D eigenvalue weighted by Crippen LogP contribution is -2.47. The summed E-state index contributed by atoms with van der Waals surface area (Å²) < 4.78 is 0. The molecule has 0 aromatic carbocycles. The highest BCUT2D eigenvalue weighted by molar-refractivity contribution is 5.82. The van der Waals surface area contributed by atoms with Gasteiger partial charge in [-0.05, 0) is 33.2 Å². The van der Waals surface area contributed by atoms with Crippen LogP contribution in [-0.2, 0) is 4.79 Å². The Morgan fingerprint density at radius 3 is 2.87 bits per heavy atom. The van der Waals surface area contributed by atoms with Gasteiger partial charge in [-0.25, -0.2) is 0 Å². The van der Waals surface area contributed by atoms with Gasteiger partial charge in [-0.1, -0.05) is 0 Å². The van der Waals surface area contributed by atoms with Gasteiger partial charge in [0.15, 0.2) is 0 Å². The predicted molar refractivity (Wildman–Crippen MR) is 58.3 cm³/mol. The Balaban J connectivity index is 2.15. The van der Waals surface area contributed by atoms with Crippen molar-refractivity contribution in [3.63, 3.8) is 0 Å². The first-order valence-corrected chi connectivity index (χ1v) is 5.55. The molecule has 0 saturated carbocycles. The van der Waals surface area contributed by atoms with Crippen LogP contribution in [0.25, 0.3) is 0 Å². The Morgan fingerprint density at radius 1 is 1.60 bits per heavy atom. The highest BCUT2D eigenvalue weighted by atomic mass is 16.3. The first-order valence-electron chi connectivity index (χ1n) is 5.55. The highest BCUT2D eigenvalue weighted by Crippen LogP contribution is 2.04. The molecule has 1 amide bonds. The third-order valence-electron chi connectivity index (χ3n) is 2.49. The van der Waals surface area contributed by atoms with Gasteiger partial charge in [-0.3, -0.25) is 10.1 Å². The number of amides is 1. The Morgan fingerprint density at radius 2 is 2.33 bits per heavy atom. The van der Waals surface area contributed by atoms with Crippen molar-refractivity contribution in [2.75, 3.05) is 13.1 Å². The Bertz CT molecular complexity index is 203. The van der Waals surface area contributed by atoms with E-state index in [0.717, 1.165) is 19.4 Å². The SMILES string of the molecule is CC(O)N[C@H](C)CNC(=O)[C@@H]1CCCN1. The molecule has 1 saturated heterocycles. The van der Waals surface area contributed by atoms with E-state index in [1.54, 1.807) is 6.92 Å². The minimum atomic E-state index is -0.540. The van der Waals surface area contributed by atoms with E-state index in [4.69, 9.17) is 5.11 Å². The summed E-state index contributed by atoms with van der Waals surface area (Å²) in [7, 11) is 0. The summed E-state index contributed by atoms with van der Waals surface area (Å²) in [5.74, 6) is 0.0618. The zero-order valence-electron chi connectivity index (χ0n) is 9.42. The number of carbonyl (C=O) groups excluding carboxylic acids is 1. The molecule has 1 unspecified atom stereocenters. The van der Waals surface area contributed by atoms with Gasteiger partial charge in [0.25, 0.3) is 0 Å². The molecule has 0 aliphatic carbocycles. The summed E-state index contributed by atoms with van der Waals surface area (Å²) in [6, 6.07) is 0.0547. The Labute approximate surface area is 90.6 Å². The molecule has 0 radical (unpaired) electrons. The van der Waals surface area contributed by atoms with Crippen molar-refractivity contribution in [3.8, 4) is 0 Å². The molecule has 0 spiro atoms. The third kappa shape index (κ3) is 4.59. The van der Waals surface area contributed by atoms with E-state index in [9.17, 15) is 4.79 Å². The van der Waals surface area contributed by atoms with Crippen LogP contribution >= 0.6 is 0 Å². The van der Waals surface area contributed by atoms with E-state index in [-0.39, 0.29) is 18.0 Å². The molecule has 5 heteroatoms. The summed E-state index contributed by atoms with van der Waals surface area (Å²) in [4.78, 5) is 11.6. The summed E-state index contributed by atoms with van der Waals surface area (Å²) in [5.41, 5.74) is 0. The minimum absolute atomic E-state index is 0.0243. The first kappa shape index (κ1) is 12.4. The summed E-state index contributed by atoms with van der Waals surface area (Å²) in [6.07, 6.45) is 1.45. The number of aliphatic hydroxyl groups is 1. The van der Waals surface area contributed by atoms with E-state index in [1.165, 1.54) is 0 Å². The lowest BCUT2D eigenvalue weighted by Gasteiger charge is -2.18. The maximum Gasteiger partial charge on any atom is 0.237 e. The van der Waals surface area contributed by atoms with Crippen LogP contribution in [0.3, 0.4) is 0 Å². The second-order valence-corrected chi connectivity index (χ2v) is 4.14. The quantitative estimate of drug-likeness (QED) is 0.452. The summed E-state index contributed by atoms with van der Waals surface area (Å²) in [6.45, 7) is 5.06. The van der Waals surface area contributed by atoms with Crippen molar-refractivity contribution in [2.45, 2.75) is 45.0 Å². The predicted octanol–water partition coefficient (Wildman–Crippen LogP) is -0.829. The van der Waals surface area contributed by atoms with Gasteiger partial charge in [0, 0.05) is 12.6 Å². The molecule has 1 rings (SSSR count). The van der Waals surface area contributed by atoms with Crippen molar-refractivity contribution in [2.24, 2.45) is 0 Å². The van der Waals surface area contributed by atoms with Gasteiger partial charge in [0.1, 0.15) is 6.23 Å². The highest BCUT2D eigenvalue weighted by Gasteiger charge is 2.21. The fraction of sp³-hybridized carbons (Fsp3) is 0.900. The fourth-order valence-electron chi connectivity index (χ4n) is 1.76. The normalized spacial score (nSPS) is 24.9. The maximum atomic E-state index is 11.6. The van der Waals surface area contributed by atoms with Gasteiger partial charge >= 0.3 is 0 Å². The topological polar surface area (TPSA) is 73.4 Å². The number of rotatable bonds is 5. The van der Waals surface area contributed by atoms with E-state index < -0.39 is 6.23 Å². The van der Waals surface area contributed by atoms with E-state index >= 15 is 0 Å². The lowest BCUT2D eigenvalue weighted by atomic mass is 10.2. The van der Waals surface area contributed by atoms with Gasteiger partial charge in [-0.2, -0.15) is 0 Å². The fourth-order valence-corrected chi connectivity index (χ4v) is 1.76. The van der Waals surface area contributed by atoms with Crippen LogP contribution in [0.1, 0.15) is 26.7 Å². The molecule has 5 nitrogen and oxygen atoms in total. The van der Waals surface area contributed by atoms with Crippen LogP contribution < -0.4 is 16.0 Å². The average molecular weight is 215 g/mol. The largest absolute Gasteiger partial charge is 0.379 e. The van der Waals surface area contributed by atoms with E-state index in [1.807, 2.05) is 6.92 Å². The van der Waals surface area contributed by atoms with Gasteiger partial charge < -0.3 is 15.7 Å². The van der Waals surface area contributed by atoms with Crippen LogP contribution in [0.15, 0.2) is 0 Å². The third-order valence-corrected chi connectivity index (χ3v) is 2.49. The maximum absolute atomic E-state index is 11.6. The van der Waals surface area contributed by atoms with Crippen LogP contribution in [0.2, 0.25) is 0 Å². The number of hydrogen-bond donors (Lipinski definition) is 4. The van der Waals surface area contributed by atoms with Crippen molar-refractivity contribution < 1.29 is 9.90 Å². The minimum Gasteiger partial charge on any atom is -0.379 e. The molecule has 0 bridgehead atoms. The number of nitrogens with one attached hydrogen (secondary N) is 3. The Hall–Kier alpha value is -0.650. The average Bonchev–Trinajstić information content (AvgIpc) is 2.65. The van der Waals surface area contributed by atoms with Crippen LogP contribution in [0.4, 0.5) is 0 Å². The number of carbonyl (C=O) groups is 1. The molecule has 1 heterocycles. The molecule has 1 fully saturated rings. The lowest BCUT2D eigenvalue weighted by molar-refractivity contribution is -0.122. The monoisotopic (exact) mass is 215 g/mol. The van der Waals surface area contributed by atoms with E-state index in [2.05, 4.69) is 16.0 Å². The Kier molecular flexibility index (Phi) is 5.01. The number of hydrogen-bond acceptors (Lipinski definition) is 4. The second kappa shape index (κ2) is 6.05. The molecule has 88 valence electrons. The van der Waals surface area contributed by atoms with Gasteiger partial charge in [0.2, 0.25) is 5.91 Å². The van der Waals surface area contributed by atoms with Crippen molar-refractivity contribution in [1.82, 2.24) is 16.0 Å².